The van der Waals surface area contributed by atoms with Gasteiger partial charge >= 0.3 is 0 Å². The van der Waals surface area contributed by atoms with Crippen molar-refractivity contribution in [2.75, 3.05) is 5.32 Å². The van der Waals surface area contributed by atoms with Gasteiger partial charge in [-0.05, 0) is 55.3 Å². The lowest BCUT2D eigenvalue weighted by molar-refractivity contribution is -0.122. The van der Waals surface area contributed by atoms with Gasteiger partial charge in [0.1, 0.15) is 5.75 Å². The van der Waals surface area contributed by atoms with Gasteiger partial charge in [0.25, 0.3) is 11.8 Å². The summed E-state index contributed by atoms with van der Waals surface area (Å²) in [6.07, 6.45) is -0.0550. The summed E-state index contributed by atoms with van der Waals surface area (Å²) < 4.78 is 5.77. The van der Waals surface area contributed by atoms with Crippen LogP contribution >= 0.6 is 0 Å². The van der Waals surface area contributed by atoms with Crippen LogP contribution in [0.3, 0.4) is 0 Å². The minimum atomic E-state index is -0.595. The quantitative estimate of drug-likeness (QED) is 0.559. The average molecular weight is 402 g/mol. The van der Waals surface area contributed by atoms with Gasteiger partial charge in [-0.15, -0.1) is 0 Å². The number of carbonyl (C=O) groups excluding carboxylic acids is 2. The second kappa shape index (κ2) is 10.3. The number of nitrogens with one attached hydrogen (secondary N) is 2. The van der Waals surface area contributed by atoms with Gasteiger partial charge < -0.3 is 15.4 Å². The molecule has 3 rings (SSSR count). The summed E-state index contributed by atoms with van der Waals surface area (Å²) in [5.74, 6) is 0.262. The molecule has 2 unspecified atom stereocenters. The largest absolute Gasteiger partial charge is 0.481 e. The molecule has 3 aromatic carbocycles. The van der Waals surface area contributed by atoms with Gasteiger partial charge in [-0.2, -0.15) is 0 Å². The fraction of sp³-hybridized carbons (Fsp3) is 0.200. The summed E-state index contributed by atoms with van der Waals surface area (Å²) in [6, 6.07) is 25.8. The Morgan fingerprint density at radius 3 is 2.07 bits per heavy atom. The molecular weight excluding hydrogens is 376 g/mol. The van der Waals surface area contributed by atoms with E-state index in [4.69, 9.17) is 4.74 Å². The van der Waals surface area contributed by atoms with Crippen LogP contribution in [0.4, 0.5) is 5.69 Å². The molecule has 5 nitrogen and oxygen atoms in total. The molecule has 2 N–H and O–H groups in total. The highest BCUT2D eigenvalue weighted by atomic mass is 16.5. The molecule has 0 aromatic heterocycles. The molecule has 30 heavy (non-hydrogen) atoms. The van der Waals surface area contributed by atoms with Crippen molar-refractivity contribution in [2.24, 2.45) is 0 Å². The summed E-state index contributed by atoms with van der Waals surface area (Å²) in [5.41, 5.74) is 2.19. The first-order valence-electron chi connectivity index (χ1n) is 10.0. The molecule has 0 heterocycles. The normalized spacial score (nSPS) is 12.5. The third kappa shape index (κ3) is 5.70. The fourth-order valence-corrected chi connectivity index (χ4v) is 3.02. The van der Waals surface area contributed by atoms with Gasteiger partial charge in [-0.3, -0.25) is 9.59 Å². The molecule has 0 aliphatic rings. The van der Waals surface area contributed by atoms with E-state index in [-0.39, 0.29) is 17.9 Å². The summed E-state index contributed by atoms with van der Waals surface area (Å²) >= 11 is 0. The molecule has 0 fully saturated rings. The van der Waals surface area contributed by atoms with E-state index in [2.05, 4.69) is 10.6 Å². The molecule has 0 saturated carbocycles. The molecule has 2 amide bonds. The summed E-state index contributed by atoms with van der Waals surface area (Å²) in [5, 5.41) is 5.83. The number of ether oxygens (including phenoxy) is 1. The third-order valence-electron chi connectivity index (χ3n) is 4.75. The van der Waals surface area contributed by atoms with Crippen molar-refractivity contribution in [3.05, 3.63) is 96.1 Å². The van der Waals surface area contributed by atoms with E-state index < -0.39 is 6.10 Å². The van der Waals surface area contributed by atoms with E-state index >= 15 is 0 Å². The van der Waals surface area contributed by atoms with E-state index in [1.54, 1.807) is 24.3 Å². The maximum Gasteiger partial charge on any atom is 0.265 e. The van der Waals surface area contributed by atoms with Gasteiger partial charge in [-0.25, -0.2) is 0 Å². The smallest absolute Gasteiger partial charge is 0.265 e. The van der Waals surface area contributed by atoms with Crippen LogP contribution in [0.15, 0.2) is 84.9 Å². The predicted octanol–water partition coefficient (Wildman–Crippen LogP) is 4.97. The number of amides is 2. The van der Waals surface area contributed by atoms with Crippen LogP contribution in [-0.4, -0.2) is 17.9 Å². The summed E-state index contributed by atoms with van der Waals surface area (Å²) in [4.78, 5) is 25.1. The standard InChI is InChI=1S/C25H26N2O3/c1-3-23(30-22-12-8-5-9-13-22)25(29)27-21-16-14-20(15-17-21)24(28)26-18(2)19-10-6-4-7-11-19/h4-18,23H,3H2,1-2H3,(H,26,28)(H,27,29). The van der Waals surface area contributed by atoms with Gasteiger partial charge in [0.05, 0.1) is 6.04 Å². The third-order valence-corrected chi connectivity index (χ3v) is 4.75. The molecule has 2 atom stereocenters. The Labute approximate surface area is 177 Å². The minimum absolute atomic E-state index is 0.0986. The molecule has 3 aromatic rings. The second-order valence-electron chi connectivity index (χ2n) is 7.00. The molecule has 0 radical (unpaired) electrons. The van der Waals surface area contributed by atoms with E-state index in [1.807, 2.05) is 74.5 Å². The van der Waals surface area contributed by atoms with Gasteiger partial charge in [0.2, 0.25) is 0 Å². The Hall–Kier alpha value is -3.60. The zero-order valence-corrected chi connectivity index (χ0v) is 17.2. The van der Waals surface area contributed by atoms with Crippen molar-refractivity contribution >= 4 is 17.5 Å². The Bertz CT molecular complexity index is 957. The highest BCUT2D eigenvalue weighted by molar-refractivity contribution is 5.97. The number of para-hydroxylation sites is 1. The van der Waals surface area contributed by atoms with E-state index in [1.165, 1.54) is 0 Å². The number of rotatable bonds is 8. The minimum Gasteiger partial charge on any atom is -0.481 e. The SMILES string of the molecule is CCC(Oc1ccccc1)C(=O)Nc1ccc(C(=O)NC(C)c2ccccc2)cc1. The Morgan fingerprint density at radius 2 is 1.47 bits per heavy atom. The lowest BCUT2D eigenvalue weighted by Gasteiger charge is -2.17. The van der Waals surface area contributed by atoms with Gasteiger partial charge in [0, 0.05) is 11.3 Å². The lowest BCUT2D eigenvalue weighted by atomic mass is 10.1. The summed E-state index contributed by atoms with van der Waals surface area (Å²) in [7, 11) is 0. The lowest BCUT2D eigenvalue weighted by Crippen LogP contribution is -2.32. The van der Waals surface area contributed by atoms with Crippen LogP contribution in [0.1, 0.15) is 42.2 Å². The zero-order valence-electron chi connectivity index (χ0n) is 17.2. The monoisotopic (exact) mass is 402 g/mol. The molecular formula is C25H26N2O3. The molecule has 0 spiro atoms. The second-order valence-corrected chi connectivity index (χ2v) is 7.00. The van der Waals surface area contributed by atoms with Crippen LogP contribution in [0.2, 0.25) is 0 Å². The van der Waals surface area contributed by atoms with Gasteiger partial charge in [0.15, 0.2) is 6.10 Å². The number of anilines is 1. The van der Waals surface area contributed by atoms with Crippen molar-refractivity contribution in [1.82, 2.24) is 5.32 Å². The summed E-state index contributed by atoms with van der Waals surface area (Å²) in [6.45, 7) is 3.84. The van der Waals surface area contributed by atoms with Crippen molar-refractivity contribution in [3.8, 4) is 5.75 Å². The first-order valence-corrected chi connectivity index (χ1v) is 10.0. The van der Waals surface area contributed by atoms with Crippen molar-refractivity contribution in [1.29, 1.82) is 0 Å². The van der Waals surface area contributed by atoms with Crippen LogP contribution in [0.25, 0.3) is 0 Å². The van der Waals surface area contributed by atoms with E-state index in [0.717, 1.165) is 5.56 Å². The topological polar surface area (TPSA) is 67.4 Å². The van der Waals surface area contributed by atoms with Crippen LogP contribution in [0, 0.1) is 0 Å². The Balaban J connectivity index is 1.58. The number of carbonyl (C=O) groups is 2. The van der Waals surface area contributed by atoms with E-state index in [0.29, 0.717) is 23.4 Å². The van der Waals surface area contributed by atoms with Crippen LogP contribution < -0.4 is 15.4 Å². The zero-order chi connectivity index (χ0) is 21.3. The molecule has 5 heteroatoms. The molecule has 0 saturated heterocycles. The highest BCUT2D eigenvalue weighted by Gasteiger charge is 2.19. The van der Waals surface area contributed by atoms with Crippen molar-refractivity contribution in [3.63, 3.8) is 0 Å². The van der Waals surface area contributed by atoms with Crippen LogP contribution in [-0.2, 0) is 4.79 Å². The molecule has 0 aliphatic carbocycles. The maximum absolute atomic E-state index is 12.6. The molecule has 0 bridgehead atoms. The Morgan fingerprint density at radius 1 is 0.867 bits per heavy atom. The maximum atomic E-state index is 12.6. The first-order chi connectivity index (χ1) is 14.6. The van der Waals surface area contributed by atoms with Crippen LogP contribution in [0.5, 0.6) is 5.75 Å². The van der Waals surface area contributed by atoms with Crippen molar-refractivity contribution in [2.45, 2.75) is 32.4 Å². The van der Waals surface area contributed by atoms with E-state index in [9.17, 15) is 9.59 Å². The number of hydrogen-bond donors (Lipinski definition) is 2. The predicted molar refractivity (Wildman–Crippen MR) is 119 cm³/mol. The van der Waals surface area contributed by atoms with Gasteiger partial charge in [-0.1, -0.05) is 55.5 Å². The Kier molecular flexibility index (Phi) is 7.22. The molecule has 154 valence electrons. The fourth-order valence-electron chi connectivity index (χ4n) is 3.02. The first kappa shape index (κ1) is 21.1. The number of benzene rings is 3. The van der Waals surface area contributed by atoms with Crippen molar-refractivity contribution < 1.29 is 14.3 Å². The number of hydrogen-bond acceptors (Lipinski definition) is 3. The molecule has 0 aliphatic heterocycles. The average Bonchev–Trinajstić information content (AvgIpc) is 2.79. The highest BCUT2D eigenvalue weighted by Crippen LogP contribution is 2.16.